The number of benzene rings is 1. The van der Waals surface area contributed by atoms with E-state index in [0.29, 0.717) is 6.61 Å². The maximum Gasteiger partial charge on any atom is 0.190 e. The number of hydroxylamine groups is 1. The molecule has 0 aromatic heterocycles. The SMILES string of the molecule is CN(OCC1O[C@H]2OC(C)(C)OC2C2OC(C)(C)O[C@@H]12)c1ccccc1. The predicted molar refractivity (Wildman–Crippen MR) is 93.3 cm³/mol. The summed E-state index contributed by atoms with van der Waals surface area (Å²) in [6, 6.07) is 9.87. The van der Waals surface area contributed by atoms with E-state index in [0.717, 1.165) is 5.69 Å². The molecule has 144 valence electrons. The zero-order valence-corrected chi connectivity index (χ0v) is 15.9. The zero-order chi connectivity index (χ0) is 18.5. The molecular formula is C19H27NO6. The van der Waals surface area contributed by atoms with Crippen molar-refractivity contribution in [3.8, 4) is 0 Å². The molecule has 0 spiro atoms. The zero-order valence-electron chi connectivity index (χ0n) is 15.9. The average molecular weight is 365 g/mol. The molecule has 1 aromatic carbocycles. The first-order chi connectivity index (χ1) is 12.2. The smallest absolute Gasteiger partial charge is 0.190 e. The molecule has 5 atom stereocenters. The molecule has 0 radical (unpaired) electrons. The van der Waals surface area contributed by atoms with E-state index < -0.39 is 17.9 Å². The summed E-state index contributed by atoms with van der Waals surface area (Å²) < 4.78 is 30.2. The Morgan fingerprint density at radius 2 is 1.50 bits per heavy atom. The Morgan fingerprint density at radius 3 is 2.23 bits per heavy atom. The number of nitrogens with zero attached hydrogens (tertiary/aromatic N) is 1. The maximum atomic E-state index is 6.14. The highest BCUT2D eigenvalue weighted by atomic mass is 16.9. The number of hydrogen-bond acceptors (Lipinski definition) is 7. The van der Waals surface area contributed by atoms with Crippen molar-refractivity contribution in [3.05, 3.63) is 30.3 Å². The lowest BCUT2D eigenvalue weighted by molar-refractivity contribution is -0.243. The van der Waals surface area contributed by atoms with Crippen LogP contribution < -0.4 is 5.06 Å². The number of para-hydroxylation sites is 1. The van der Waals surface area contributed by atoms with E-state index in [9.17, 15) is 0 Å². The summed E-state index contributed by atoms with van der Waals surface area (Å²) in [6.45, 7) is 7.86. The van der Waals surface area contributed by atoms with E-state index in [1.807, 2.05) is 65.1 Å². The largest absolute Gasteiger partial charge is 0.342 e. The van der Waals surface area contributed by atoms with Crippen molar-refractivity contribution in [2.24, 2.45) is 0 Å². The molecule has 3 unspecified atom stereocenters. The molecule has 0 amide bonds. The summed E-state index contributed by atoms with van der Waals surface area (Å²) in [5.41, 5.74) is 0.961. The minimum Gasteiger partial charge on any atom is -0.342 e. The second-order valence-corrected chi connectivity index (χ2v) is 7.84. The van der Waals surface area contributed by atoms with Gasteiger partial charge in [-0.1, -0.05) is 18.2 Å². The first-order valence-corrected chi connectivity index (χ1v) is 9.03. The maximum absolute atomic E-state index is 6.14. The fourth-order valence-corrected chi connectivity index (χ4v) is 3.73. The van der Waals surface area contributed by atoms with Crippen molar-refractivity contribution in [3.63, 3.8) is 0 Å². The number of ether oxygens (including phenoxy) is 5. The van der Waals surface area contributed by atoms with Crippen LogP contribution in [0.5, 0.6) is 0 Å². The predicted octanol–water partition coefficient (Wildman–Crippen LogP) is 2.45. The van der Waals surface area contributed by atoms with Gasteiger partial charge in [-0.2, -0.15) is 0 Å². The summed E-state index contributed by atoms with van der Waals surface area (Å²) in [4.78, 5) is 5.92. The van der Waals surface area contributed by atoms with Gasteiger partial charge in [0.05, 0.1) is 5.69 Å². The number of anilines is 1. The van der Waals surface area contributed by atoms with E-state index in [-0.39, 0.29) is 24.4 Å². The molecule has 26 heavy (non-hydrogen) atoms. The third kappa shape index (κ3) is 3.47. The summed E-state index contributed by atoms with van der Waals surface area (Å²) in [5.74, 6) is -1.42. The van der Waals surface area contributed by atoms with Crippen LogP contribution in [-0.2, 0) is 28.5 Å². The van der Waals surface area contributed by atoms with Crippen LogP contribution in [0.15, 0.2) is 30.3 Å². The van der Waals surface area contributed by atoms with Gasteiger partial charge < -0.3 is 23.7 Å². The Balaban J connectivity index is 1.47. The molecule has 0 saturated carbocycles. The molecule has 3 fully saturated rings. The van der Waals surface area contributed by atoms with Crippen LogP contribution in [0, 0.1) is 0 Å². The van der Waals surface area contributed by atoms with E-state index in [1.54, 1.807) is 5.06 Å². The van der Waals surface area contributed by atoms with Crippen LogP contribution in [0.2, 0.25) is 0 Å². The van der Waals surface area contributed by atoms with E-state index in [2.05, 4.69) is 0 Å². The Morgan fingerprint density at radius 1 is 0.885 bits per heavy atom. The minimum atomic E-state index is -0.716. The minimum absolute atomic E-state index is 0.263. The Labute approximate surface area is 154 Å². The monoisotopic (exact) mass is 365 g/mol. The summed E-state index contributed by atoms with van der Waals surface area (Å²) in [5, 5.41) is 1.72. The van der Waals surface area contributed by atoms with Gasteiger partial charge in [-0.05, 0) is 39.8 Å². The quantitative estimate of drug-likeness (QED) is 0.760. The van der Waals surface area contributed by atoms with Gasteiger partial charge in [-0.15, -0.1) is 0 Å². The van der Waals surface area contributed by atoms with Crippen LogP contribution in [0.25, 0.3) is 0 Å². The third-order valence-electron chi connectivity index (χ3n) is 4.80. The molecule has 1 aromatic rings. The Hall–Kier alpha value is -1.22. The molecule has 3 aliphatic heterocycles. The first-order valence-electron chi connectivity index (χ1n) is 9.03. The fraction of sp³-hybridized carbons (Fsp3) is 0.684. The molecule has 7 heteroatoms. The molecule has 7 nitrogen and oxygen atoms in total. The van der Waals surface area contributed by atoms with Crippen molar-refractivity contribution < 1.29 is 28.5 Å². The third-order valence-corrected chi connectivity index (χ3v) is 4.80. The van der Waals surface area contributed by atoms with Crippen molar-refractivity contribution >= 4 is 5.69 Å². The Kier molecular flexibility index (Phi) is 4.50. The van der Waals surface area contributed by atoms with Crippen LogP contribution in [0.3, 0.4) is 0 Å². The van der Waals surface area contributed by atoms with Gasteiger partial charge in [0, 0.05) is 7.05 Å². The normalized spacial score (nSPS) is 37.2. The lowest BCUT2D eigenvalue weighted by Crippen LogP contribution is -2.56. The lowest BCUT2D eigenvalue weighted by Gasteiger charge is -2.37. The second kappa shape index (κ2) is 6.44. The number of rotatable bonds is 4. The van der Waals surface area contributed by atoms with Gasteiger partial charge in [-0.25, -0.2) is 0 Å². The summed E-state index contributed by atoms with van der Waals surface area (Å²) in [6.07, 6.45) is -1.69. The van der Waals surface area contributed by atoms with Gasteiger partial charge in [0.15, 0.2) is 17.9 Å². The Bertz CT molecular complexity index is 636. The molecule has 0 aliphatic carbocycles. The standard InChI is InChI=1S/C19H27NO6/c1-18(2)23-14-13(11-21-20(5)12-9-7-6-8-10-12)22-17-16(15(14)24-18)25-19(3,4)26-17/h6-10,13-17H,11H2,1-5H3/t13?,14-,15?,16?,17-/m0/s1. The van der Waals surface area contributed by atoms with Gasteiger partial charge in [0.2, 0.25) is 0 Å². The first kappa shape index (κ1) is 18.2. The van der Waals surface area contributed by atoms with Crippen molar-refractivity contribution in [1.82, 2.24) is 0 Å². The number of fused-ring (bicyclic) bond motifs is 3. The topological polar surface area (TPSA) is 58.6 Å². The highest BCUT2D eigenvalue weighted by Crippen LogP contribution is 2.44. The van der Waals surface area contributed by atoms with Crippen molar-refractivity contribution in [2.75, 3.05) is 18.7 Å². The molecule has 3 heterocycles. The van der Waals surface area contributed by atoms with Crippen molar-refractivity contribution in [1.29, 1.82) is 0 Å². The second-order valence-electron chi connectivity index (χ2n) is 7.84. The van der Waals surface area contributed by atoms with E-state index in [4.69, 9.17) is 28.5 Å². The highest BCUT2D eigenvalue weighted by molar-refractivity contribution is 5.42. The van der Waals surface area contributed by atoms with Crippen LogP contribution in [-0.4, -0.2) is 55.9 Å². The molecule has 3 saturated heterocycles. The van der Waals surface area contributed by atoms with Gasteiger partial charge in [0.25, 0.3) is 0 Å². The fourth-order valence-electron chi connectivity index (χ4n) is 3.73. The van der Waals surface area contributed by atoms with Gasteiger partial charge >= 0.3 is 0 Å². The van der Waals surface area contributed by atoms with Crippen molar-refractivity contribution in [2.45, 2.75) is 70.0 Å². The number of hydrogen-bond donors (Lipinski definition) is 0. The summed E-state index contributed by atoms with van der Waals surface area (Å²) in [7, 11) is 1.87. The molecule has 0 bridgehead atoms. The molecule has 0 N–H and O–H groups in total. The highest BCUT2D eigenvalue weighted by Gasteiger charge is 2.60. The van der Waals surface area contributed by atoms with E-state index >= 15 is 0 Å². The van der Waals surface area contributed by atoms with Gasteiger partial charge in [-0.3, -0.25) is 9.90 Å². The molecule has 3 aliphatic rings. The van der Waals surface area contributed by atoms with Crippen LogP contribution >= 0.6 is 0 Å². The van der Waals surface area contributed by atoms with E-state index in [1.165, 1.54) is 0 Å². The molecular weight excluding hydrogens is 338 g/mol. The lowest BCUT2D eigenvalue weighted by atomic mass is 9.99. The van der Waals surface area contributed by atoms with Gasteiger partial charge in [0.1, 0.15) is 31.0 Å². The average Bonchev–Trinajstić information content (AvgIpc) is 3.07. The molecule has 4 rings (SSSR count). The summed E-state index contributed by atoms with van der Waals surface area (Å²) >= 11 is 0. The van der Waals surface area contributed by atoms with Crippen LogP contribution in [0.1, 0.15) is 27.7 Å². The van der Waals surface area contributed by atoms with Crippen LogP contribution in [0.4, 0.5) is 5.69 Å².